The summed E-state index contributed by atoms with van der Waals surface area (Å²) in [5.41, 5.74) is 3.78. The Balaban J connectivity index is 1.81. The highest BCUT2D eigenvalue weighted by molar-refractivity contribution is 6.30. The molecule has 128 valence electrons. The van der Waals surface area contributed by atoms with Crippen LogP contribution in [0, 0.1) is 6.92 Å². The first-order chi connectivity index (χ1) is 12.6. The van der Waals surface area contributed by atoms with Gasteiger partial charge >= 0.3 is 0 Å². The third-order valence-corrected chi connectivity index (χ3v) is 4.27. The van der Waals surface area contributed by atoms with Crippen LogP contribution >= 0.6 is 11.6 Å². The molecule has 0 aliphatic carbocycles. The van der Waals surface area contributed by atoms with Crippen LogP contribution in [0.2, 0.25) is 5.02 Å². The minimum Gasteiger partial charge on any atom is -0.267 e. The first kappa shape index (κ1) is 16.3. The van der Waals surface area contributed by atoms with Crippen molar-refractivity contribution in [2.24, 2.45) is 0 Å². The molecule has 1 aromatic carbocycles. The van der Waals surface area contributed by atoms with Gasteiger partial charge in [-0.15, -0.1) is 0 Å². The van der Waals surface area contributed by atoms with Crippen LogP contribution < -0.4 is 5.56 Å². The summed E-state index contributed by atoms with van der Waals surface area (Å²) in [4.78, 5) is 21.4. The van der Waals surface area contributed by atoms with Crippen molar-refractivity contribution in [3.63, 3.8) is 0 Å². The standard InChI is InChI=1S/C20H15ClN4O/c1-14-13-24(18-8-5-16(21)6-9-18)25-19(26)11-17(23-20(14)25)7-4-15-3-2-10-22-12-15/h2-13H,1H3. The van der Waals surface area contributed by atoms with E-state index in [1.807, 2.05) is 49.5 Å². The average Bonchev–Trinajstić information content (AvgIpc) is 2.99. The summed E-state index contributed by atoms with van der Waals surface area (Å²) in [6.07, 6.45) is 9.07. The molecule has 0 aliphatic heterocycles. The van der Waals surface area contributed by atoms with Gasteiger partial charge in [-0.1, -0.05) is 23.7 Å². The molecule has 0 spiro atoms. The second kappa shape index (κ2) is 6.61. The Kier molecular flexibility index (Phi) is 4.14. The molecule has 0 atom stereocenters. The zero-order chi connectivity index (χ0) is 18.1. The molecule has 5 nitrogen and oxygen atoms in total. The Hall–Kier alpha value is -3.18. The number of aromatic nitrogens is 4. The van der Waals surface area contributed by atoms with Crippen molar-refractivity contribution in [1.29, 1.82) is 0 Å². The Bertz CT molecular complexity index is 1160. The average molecular weight is 363 g/mol. The number of hydrogen-bond acceptors (Lipinski definition) is 3. The van der Waals surface area contributed by atoms with E-state index in [0.29, 0.717) is 16.4 Å². The number of rotatable bonds is 3. The van der Waals surface area contributed by atoms with E-state index in [4.69, 9.17) is 11.6 Å². The van der Waals surface area contributed by atoms with Crippen LogP contribution in [0.5, 0.6) is 0 Å². The van der Waals surface area contributed by atoms with Gasteiger partial charge in [0.05, 0.1) is 11.4 Å². The van der Waals surface area contributed by atoms with Gasteiger partial charge in [0.2, 0.25) is 0 Å². The summed E-state index contributed by atoms with van der Waals surface area (Å²) in [6.45, 7) is 1.93. The Morgan fingerprint density at radius 2 is 1.92 bits per heavy atom. The summed E-state index contributed by atoms with van der Waals surface area (Å²) in [6, 6.07) is 12.6. The molecule has 0 bridgehead atoms. The van der Waals surface area contributed by atoms with Crippen molar-refractivity contribution < 1.29 is 0 Å². The molecule has 4 rings (SSSR count). The van der Waals surface area contributed by atoms with Gasteiger partial charge in [-0.2, -0.15) is 4.52 Å². The molecule has 0 fully saturated rings. The Morgan fingerprint density at radius 3 is 2.65 bits per heavy atom. The van der Waals surface area contributed by atoms with Crippen molar-refractivity contribution in [2.75, 3.05) is 0 Å². The van der Waals surface area contributed by atoms with E-state index in [2.05, 4.69) is 9.97 Å². The van der Waals surface area contributed by atoms with Crippen molar-refractivity contribution in [3.8, 4) is 5.69 Å². The van der Waals surface area contributed by atoms with E-state index < -0.39 is 0 Å². The van der Waals surface area contributed by atoms with Gasteiger partial charge in [0.1, 0.15) is 0 Å². The van der Waals surface area contributed by atoms with E-state index in [1.165, 1.54) is 6.07 Å². The molecular formula is C20H15ClN4O. The largest absolute Gasteiger partial charge is 0.273 e. The normalized spacial score (nSPS) is 11.5. The number of fused-ring (bicyclic) bond motifs is 1. The number of halogens is 1. The van der Waals surface area contributed by atoms with Gasteiger partial charge in [0.15, 0.2) is 5.65 Å². The quantitative estimate of drug-likeness (QED) is 0.553. The number of nitrogens with zero attached hydrogens (tertiary/aromatic N) is 4. The number of pyridine rings is 1. The molecule has 0 N–H and O–H groups in total. The molecular weight excluding hydrogens is 348 g/mol. The van der Waals surface area contributed by atoms with Crippen LogP contribution in [-0.4, -0.2) is 19.2 Å². The number of hydrogen-bond donors (Lipinski definition) is 0. The zero-order valence-electron chi connectivity index (χ0n) is 14.0. The van der Waals surface area contributed by atoms with Crippen molar-refractivity contribution in [2.45, 2.75) is 6.92 Å². The van der Waals surface area contributed by atoms with Crippen LogP contribution in [0.15, 0.2) is 65.8 Å². The van der Waals surface area contributed by atoms with E-state index in [-0.39, 0.29) is 5.56 Å². The third-order valence-electron chi connectivity index (χ3n) is 4.02. The minimum atomic E-state index is -0.149. The smallest absolute Gasteiger partial charge is 0.267 e. The highest BCUT2D eigenvalue weighted by Gasteiger charge is 2.11. The molecule has 0 radical (unpaired) electrons. The van der Waals surface area contributed by atoms with Crippen LogP contribution in [0.3, 0.4) is 0 Å². The fraction of sp³-hybridized carbons (Fsp3) is 0.0500. The van der Waals surface area contributed by atoms with E-state index >= 15 is 0 Å². The van der Waals surface area contributed by atoms with Crippen molar-refractivity contribution >= 4 is 29.4 Å². The molecule has 6 heteroatoms. The second-order valence-corrected chi connectivity index (χ2v) is 6.34. The van der Waals surface area contributed by atoms with Crippen molar-refractivity contribution in [3.05, 3.63) is 93.3 Å². The molecule has 0 amide bonds. The lowest BCUT2D eigenvalue weighted by molar-refractivity contribution is 0.763. The highest BCUT2D eigenvalue weighted by Crippen LogP contribution is 2.17. The van der Waals surface area contributed by atoms with Gasteiger partial charge in [-0.3, -0.25) is 14.5 Å². The van der Waals surface area contributed by atoms with Gasteiger partial charge in [0, 0.05) is 35.2 Å². The maximum Gasteiger partial charge on any atom is 0.273 e. The lowest BCUT2D eigenvalue weighted by atomic mass is 10.2. The molecule has 3 aromatic heterocycles. The first-order valence-electron chi connectivity index (χ1n) is 8.08. The van der Waals surface area contributed by atoms with Gasteiger partial charge in [0.25, 0.3) is 5.56 Å². The summed E-state index contributed by atoms with van der Waals surface area (Å²) < 4.78 is 3.34. The summed E-state index contributed by atoms with van der Waals surface area (Å²) >= 11 is 5.96. The van der Waals surface area contributed by atoms with E-state index in [0.717, 1.165) is 16.8 Å². The zero-order valence-corrected chi connectivity index (χ0v) is 14.8. The van der Waals surface area contributed by atoms with Crippen LogP contribution in [-0.2, 0) is 0 Å². The SMILES string of the molecule is Cc1cn(-c2ccc(Cl)cc2)n2c(=O)cc(C=Cc3cccnc3)nc12. The minimum absolute atomic E-state index is 0.149. The lowest BCUT2D eigenvalue weighted by Gasteiger charge is -2.06. The Labute approximate surface area is 154 Å². The van der Waals surface area contributed by atoms with Crippen molar-refractivity contribution in [1.82, 2.24) is 19.2 Å². The molecule has 0 saturated heterocycles. The summed E-state index contributed by atoms with van der Waals surface area (Å²) in [5, 5.41) is 0.648. The molecule has 26 heavy (non-hydrogen) atoms. The molecule has 3 heterocycles. The Morgan fingerprint density at radius 1 is 1.12 bits per heavy atom. The van der Waals surface area contributed by atoms with E-state index in [1.54, 1.807) is 33.7 Å². The molecule has 0 saturated carbocycles. The predicted octanol–water partition coefficient (Wildman–Crippen LogP) is 4.01. The third kappa shape index (κ3) is 3.05. The fourth-order valence-electron chi connectivity index (χ4n) is 2.78. The van der Waals surface area contributed by atoms with Crippen LogP contribution in [0.4, 0.5) is 0 Å². The van der Waals surface area contributed by atoms with Gasteiger partial charge < -0.3 is 0 Å². The second-order valence-electron chi connectivity index (χ2n) is 5.91. The maximum absolute atomic E-state index is 12.7. The molecule has 0 unspecified atom stereocenters. The summed E-state index contributed by atoms with van der Waals surface area (Å²) in [7, 11) is 0. The highest BCUT2D eigenvalue weighted by atomic mass is 35.5. The maximum atomic E-state index is 12.7. The van der Waals surface area contributed by atoms with Gasteiger partial charge in [-0.05, 0) is 48.9 Å². The monoisotopic (exact) mass is 362 g/mol. The van der Waals surface area contributed by atoms with Crippen LogP contribution in [0.25, 0.3) is 23.5 Å². The predicted molar refractivity (Wildman–Crippen MR) is 104 cm³/mol. The molecule has 4 aromatic rings. The number of benzene rings is 1. The van der Waals surface area contributed by atoms with Crippen LogP contribution in [0.1, 0.15) is 16.8 Å². The number of aryl methyl sites for hydroxylation is 1. The lowest BCUT2D eigenvalue weighted by Crippen LogP contribution is -2.20. The fourth-order valence-corrected chi connectivity index (χ4v) is 2.91. The first-order valence-corrected chi connectivity index (χ1v) is 8.46. The summed E-state index contributed by atoms with van der Waals surface area (Å²) in [5.74, 6) is 0. The topological polar surface area (TPSA) is 52.2 Å². The van der Waals surface area contributed by atoms with E-state index in [9.17, 15) is 4.79 Å². The molecule has 0 aliphatic rings. The van der Waals surface area contributed by atoms with Gasteiger partial charge in [-0.25, -0.2) is 4.98 Å².